The number of thiocarbonyl (C=S) groups is 1. The van der Waals surface area contributed by atoms with E-state index in [-0.39, 0.29) is 46.4 Å². The van der Waals surface area contributed by atoms with Crippen LogP contribution >= 0.6 is 23.6 Å². The van der Waals surface area contributed by atoms with E-state index in [1.165, 1.54) is 29.1 Å². The number of aromatic nitrogens is 2. The molecule has 0 spiro atoms. The van der Waals surface area contributed by atoms with E-state index in [4.69, 9.17) is 12.2 Å². The van der Waals surface area contributed by atoms with Crippen molar-refractivity contribution in [2.75, 3.05) is 10.6 Å². The number of thiophene rings is 1. The fourth-order valence-electron chi connectivity index (χ4n) is 4.58. The third-order valence-electron chi connectivity index (χ3n) is 6.77. The Balaban J connectivity index is 1.34. The molecule has 3 aliphatic carbocycles. The molecule has 15 heteroatoms. The molecule has 2 aromatic heterocycles. The van der Waals surface area contributed by atoms with E-state index in [1.807, 2.05) is 0 Å². The van der Waals surface area contributed by atoms with Crippen LogP contribution in [0.3, 0.4) is 0 Å². The molecule has 4 N–H and O–H groups in total. The van der Waals surface area contributed by atoms with Crippen molar-refractivity contribution in [3.63, 3.8) is 0 Å². The lowest BCUT2D eigenvalue weighted by Crippen LogP contribution is -2.45. The number of alkyl halides is 3. The lowest BCUT2D eigenvalue weighted by Gasteiger charge is -2.30. The van der Waals surface area contributed by atoms with Gasteiger partial charge in [-0.1, -0.05) is 0 Å². The van der Waals surface area contributed by atoms with Crippen molar-refractivity contribution in [3.05, 3.63) is 22.2 Å². The molecule has 0 saturated heterocycles. The van der Waals surface area contributed by atoms with E-state index in [0.29, 0.717) is 35.6 Å². The standard InChI is InChI=1S/C22H27F3N6O3S3/c1-31-17(9-15(29-31)19(24)25)27-22(35)26-12-4-5-16-14(8-12)18(21(36-16)28-20(32)10-2-3-10)37(33,34)30-13-6-11(23)7-13/h9-13,19,30H,2-8H2,1H3,(H,28,32)(H2,26,27,35)/t11-,12-,13+/m0/s1. The van der Waals surface area contributed by atoms with Crippen LogP contribution in [-0.4, -0.2) is 47.5 Å². The average Bonchev–Trinajstić information content (AvgIpc) is 3.49. The monoisotopic (exact) mass is 576 g/mol. The molecule has 2 aromatic rings. The van der Waals surface area contributed by atoms with Crippen molar-refractivity contribution in [1.29, 1.82) is 0 Å². The maximum Gasteiger partial charge on any atom is 0.282 e. The summed E-state index contributed by atoms with van der Waals surface area (Å²) in [7, 11) is -2.50. The number of sulfonamides is 1. The van der Waals surface area contributed by atoms with Crippen LogP contribution in [0.5, 0.6) is 0 Å². The van der Waals surface area contributed by atoms with Crippen LogP contribution in [0, 0.1) is 5.92 Å². The van der Waals surface area contributed by atoms with Crippen molar-refractivity contribution in [2.24, 2.45) is 13.0 Å². The third kappa shape index (κ3) is 5.78. The second kappa shape index (κ2) is 10.2. The Hall–Kier alpha value is -2.23. The molecule has 3 aliphatic rings. The van der Waals surface area contributed by atoms with Crippen LogP contribution in [0.25, 0.3) is 0 Å². The van der Waals surface area contributed by atoms with Crippen LogP contribution in [0.2, 0.25) is 0 Å². The smallest absolute Gasteiger partial charge is 0.282 e. The first-order valence-corrected chi connectivity index (χ1v) is 14.7. The molecular formula is C22H27F3N6O3S3. The van der Waals surface area contributed by atoms with E-state index in [9.17, 15) is 26.4 Å². The number of halogens is 3. The summed E-state index contributed by atoms with van der Waals surface area (Å²) < 4.78 is 69.9. The molecule has 9 nitrogen and oxygen atoms in total. The highest BCUT2D eigenvalue weighted by Gasteiger charge is 2.39. The zero-order valence-electron chi connectivity index (χ0n) is 19.9. The third-order valence-corrected chi connectivity index (χ3v) is 9.96. The number of carbonyl (C=O) groups is 1. The molecule has 37 heavy (non-hydrogen) atoms. The number of anilines is 2. The highest BCUT2D eigenvalue weighted by molar-refractivity contribution is 7.90. The molecule has 1 amide bonds. The Morgan fingerprint density at radius 3 is 2.57 bits per heavy atom. The van der Waals surface area contributed by atoms with Gasteiger partial charge in [0, 0.05) is 36.0 Å². The zero-order chi connectivity index (χ0) is 26.5. The van der Waals surface area contributed by atoms with Crippen molar-refractivity contribution in [1.82, 2.24) is 19.8 Å². The molecular weight excluding hydrogens is 549 g/mol. The Bertz CT molecular complexity index is 1320. The summed E-state index contributed by atoms with van der Waals surface area (Å²) in [5.41, 5.74) is 0.230. The molecule has 1 atom stereocenters. The molecule has 2 heterocycles. The van der Waals surface area contributed by atoms with Gasteiger partial charge in [0.05, 0.1) is 0 Å². The lowest BCUT2D eigenvalue weighted by molar-refractivity contribution is -0.117. The van der Waals surface area contributed by atoms with Gasteiger partial charge in [-0.2, -0.15) is 5.10 Å². The summed E-state index contributed by atoms with van der Waals surface area (Å²) in [5, 5.41) is 13.1. The SMILES string of the molecule is Cn1nc(C(F)F)cc1NC(=S)N[C@H]1CCc2sc(NC(=O)C3CC3)c(S(=O)(=O)N[C@H]3C[C@@H](F)C3)c2C1. The number of nitrogens with one attached hydrogen (secondary N) is 4. The molecule has 0 aromatic carbocycles. The molecule has 0 bridgehead atoms. The van der Waals surface area contributed by atoms with Crippen molar-refractivity contribution in [3.8, 4) is 0 Å². The molecule has 202 valence electrons. The van der Waals surface area contributed by atoms with Gasteiger partial charge in [-0.05, 0) is 62.7 Å². The van der Waals surface area contributed by atoms with E-state index < -0.39 is 28.7 Å². The maximum absolute atomic E-state index is 13.4. The summed E-state index contributed by atoms with van der Waals surface area (Å²) in [5.74, 6) is 0.00275. The number of fused-ring (bicyclic) bond motifs is 1. The molecule has 2 saturated carbocycles. The molecule has 0 radical (unpaired) electrons. The minimum atomic E-state index is -4.01. The highest BCUT2D eigenvalue weighted by Crippen LogP contribution is 2.42. The second-order valence-electron chi connectivity index (χ2n) is 9.73. The molecule has 0 unspecified atom stereocenters. The first-order chi connectivity index (χ1) is 17.5. The summed E-state index contributed by atoms with van der Waals surface area (Å²) in [6.07, 6.45) is -0.368. The molecule has 5 rings (SSSR count). The predicted molar refractivity (Wildman–Crippen MR) is 137 cm³/mol. The normalized spacial score (nSPS) is 23.3. The molecule has 2 fully saturated rings. The second-order valence-corrected chi connectivity index (χ2v) is 12.9. The lowest BCUT2D eigenvalue weighted by atomic mass is 9.92. The van der Waals surface area contributed by atoms with Gasteiger partial charge in [-0.15, -0.1) is 11.3 Å². The van der Waals surface area contributed by atoms with Crippen LogP contribution in [0.15, 0.2) is 11.0 Å². The van der Waals surface area contributed by atoms with Gasteiger partial charge in [0.15, 0.2) is 5.11 Å². The van der Waals surface area contributed by atoms with Gasteiger partial charge >= 0.3 is 0 Å². The summed E-state index contributed by atoms with van der Waals surface area (Å²) in [6.45, 7) is 0. The minimum Gasteiger partial charge on any atom is -0.359 e. The Labute approximate surface area is 221 Å². The van der Waals surface area contributed by atoms with Crippen LogP contribution in [0.4, 0.5) is 24.0 Å². The first-order valence-electron chi connectivity index (χ1n) is 12.0. The van der Waals surface area contributed by atoms with Crippen molar-refractivity contribution >= 4 is 55.4 Å². The number of aryl methyl sites for hydroxylation is 2. The Kier molecular flexibility index (Phi) is 7.24. The number of amides is 1. The minimum absolute atomic E-state index is 0.0439. The number of hydrogen-bond donors (Lipinski definition) is 4. The summed E-state index contributed by atoms with van der Waals surface area (Å²) in [4.78, 5) is 13.4. The van der Waals surface area contributed by atoms with Gasteiger partial charge in [-0.3, -0.25) is 9.48 Å². The Morgan fingerprint density at radius 2 is 1.95 bits per heavy atom. The van der Waals surface area contributed by atoms with E-state index in [0.717, 1.165) is 17.7 Å². The van der Waals surface area contributed by atoms with Gasteiger partial charge in [-0.25, -0.2) is 26.3 Å². The first kappa shape index (κ1) is 26.4. The predicted octanol–water partition coefficient (Wildman–Crippen LogP) is 3.39. The topological polar surface area (TPSA) is 117 Å². The van der Waals surface area contributed by atoms with Gasteiger partial charge in [0.25, 0.3) is 6.43 Å². The number of carbonyl (C=O) groups excluding carboxylic acids is 1. The summed E-state index contributed by atoms with van der Waals surface area (Å²) in [6, 6.07) is 0.503. The largest absolute Gasteiger partial charge is 0.359 e. The van der Waals surface area contributed by atoms with E-state index >= 15 is 0 Å². The van der Waals surface area contributed by atoms with E-state index in [2.05, 4.69) is 25.8 Å². The highest BCUT2D eigenvalue weighted by atomic mass is 32.2. The zero-order valence-corrected chi connectivity index (χ0v) is 22.3. The summed E-state index contributed by atoms with van der Waals surface area (Å²) >= 11 is 6.64. The fourth-order valence-corrected chi connectivity index (χ4v) is 8.09. The van der Waals surface area contributed by atoms with Crippen molar-refractivity contribution in [2.45, 2.75) is 74.5 Å². The van der Waals surface area contributed by atoms with Gasteiger partial charge in [0.1, 0.15) is 27.6 Å². The molecule has 0 aliphatic heterocycles. The van der Waals surface area contributed by atoms with Crippen LogP contribution < -0.4 is 20.7 Å². The van der Waals surface area contributed by atoms with E-state index in [1.54, 1.807) is 0 Å². The number of nitrogens with zero attached hydrogens (tertiary/aromatic N) is 2. The quantitative estimate of drug-likeness (QED) is 0.356. The van der Waals surface area contributed by atoms with Crippen LogP contribution in [-0.2, 0) is 34.7 Å². The average molecular weight is 577 g/mol. The maximum atomic E-state index is 13.4. The van der Waals surface area contributed by atoms with Gasteiger partial charge < -0.3 is 16.0 Å². The number of rotatable bonds is 8. The van der Waals surface area contributed by atoms with Gasteiger partial charge in [0.2, 0.25) is 15.9 Å². The fraction of sp³-hybridized carbons (Fsp3) is 0.591. The van der Waals surface area contributed by atoms with Crippen molar-refractivity contribution < 1.29 is 26.4 Å². The number of hydrogen-bond acceptors (Lipinski definition) is 6. The van der Waals surface area contributed by atoms with Crippen LogP contribution in [0.1, 0.15) is 54.7 Å². The Morgan fingerprint density at radius 1 is 1.22 bits per heavy atom.